The van der Waals surface area contributed by atoms with E-state index in [-0.39, 0.29) is 11.4 Å². The van der Waals surface area contributed by atoms with Crippen LogP contribution in [0.2, 0.25) is 0 Å². The van der Waals surface area contributed by atoms with Gasteiger partial charge in [-0.1, -0.05) is 43.7 Å². The number of carboxylic acids is 1. The summed E-state index contributed by atoms with van der Waals surface area (Å²) in [7, 11) is 0. The molecule has 1 aromatic carbocycles. The number of carboxylic acid groups (broad SMARTS) is 1. The Hall–Kier alpha value is -2.62. The number of benzene rings is 1. The largest absolute Gasteiger partial charge is 0.478 e. The van der Waals surface area contributed by atoms with Gasteiger partial charge in [-0.15, -0.1) is 0 Å². The normalized spacial score (nSPS) is 12.9. The van der Waals surface area contributed by atoms with E-state index in [1.165, 1.54) is 0 Å². The first-order valence-electron chi connectivity index (χ1n) is 7.39. The molecule has 1 aromatic heterocycles. The van der Waals surface area contributed by atoms with E-state index in [4.69, 9.17) is 0 Å². The zero-order chi connectivity index (χ0) is 15.7. The van der Waals surface area contributed by atoms with Gasteiger partial charge in [-0.05, 0) is 24.1 Å². The third-order valence-corrected chi connectivity index (χ3v) is 3.93. The average molecular weight is 295 g/mol. The average Bonchev–Trinajstić information content (AvgIpc) is 3.06. The number of hydrogen-bond donors (Lipinski definition) is 1. The van der Waals surface area contributed by atoms with Crippen LogP contribution in [0.1, 0.15) is 40.7 Å². The van der Waals surface area contributed by atoms with Gasteiger partial charge in [0.25, 0.3) is 0 Å². The third kappa shape index (κ3) is 2.26. The molecule has 0 unspecified atom stereocenters. The highest BCUT2D eigenvalue weighted by Crippen LogP contribution is 2.30. The van der Waals surface area contributed by atoms with Gasteiger partial charge in [-0.25, -0.2) is 4.79 Å². The smallest absolute Gasteiger partial charge is 0.337 e. The molecule has 0 amide bonds. The lowest BCUT2D eigenvalue weighted by Crippen LogP contribution is -2.11. The summed E-state index contributed by atoms with van der Waals surface area (Å²) in [4.78, 5) is 24.2. The number of rotatable bonds is 5. The van der Waals surface area contributed by atoms with E-state index < -0.39 is 5.97 Å². The van der Waals surface area contributed by atoms with Crippen molar-refractivity contribution in [2.24, 2.45) is 0 Å². The van der Waals surface area contributed by atoms with Gasteiger partial charge in [0.1, 0.15) is 0 Å². The SMILES string of the molecule is CCCc1cc2n(c1C(=O)c1ccccc1)CC=C2C(=O)O. The predicted octanol–water partition coefficient (Wildman–Crippen LogP) is 3.15. The molecular weight excluding hydrogens is 278 g/mol. The van der Waals surface area contributed by atoms with Crippen molar-refractivity contribution < 1.29 is 14.7 Å². The second kappa shape index (κ2) is 5.64. The van der Waals surface area contributed by atoms with Crippen molar-refractivity contribution in [3.63, 3.8) is 0 Å². The number of fused-ring (bicyclic) bond motifs is 1. The molecule has 0 fully saturated rings. The fraction of sp³-hybridized carbons (Fsp3) is 0.222. The van der Waals surface area contributed by atoms with Gasteiger partial charge in [0.05, 0.1) is 17.0 Å². The molecule has 2 aromatic rings. The van der Waals surface area contributed by atoms with Gasteiger partial charge in [-0.3, -0.25) is 4.79 Å². The van der Waals surface area contributed by atoms with Crippen LogP contribution in [0.25, 0.3) is 5.57 Å². The summed E-state index contributed by atoms with van der Waals surface area (Å²) in [6.45, 7) is 2.49. The molecule has 0 saturated carbocycles. The van der Waals surface area contributed by atoms with Gasteiger partial charge < -0.3 is 9.67 Å². The number of ketones is 1. The van der Waals surface area contributed by atoms with Crippen molar-refractivity contribution in [1.29, 1.82) is 0 Å². The van der Waals surface area contributed by atoms with E-state index in [2.05, 4.69) is 0 Å². The van der Waals surface area contributed by atoms with E-state index in [0.29, 0.717) is 23.5 Å². The fourth-order valence-corrected chi connectivity index (χ4v) is 2.96. The van der Waals surface area contributed by atoms with E-state index in [9.17, 15) is 14.7 Å². The Kier molecular flexibility index (Phi) is 3.67. The number of aryl methyl sites for hydroxylation is 1. The highest BCUT2D eigenvalue weighted by atomic mass is 16.4. The van der Waals surface area contributed by atoms with Crippen LogP contribution < -0.4 is 0 Å². The molecule has 0 radical (unpaired) electrons. The maximum atomic E-state index is 12.8. The maximum Gasteiger partial charge on any atom is 0.337 e. The van der Waals surface area contributed by atoms with Crippen molar-refractivity contribution in [3.8, 4) is 0 Å². The van der Waals surface area contributed by atoms with E-state index in [1.807, 2.05) is 35.8 Å². The number of aromatic nitrogens is 1. The Bertz CT molecular complexity index is 769. The van der Waals surface area contributed by atoms with Crippen LogP contribution >= 0.6 is 0 Å². The Morgan fingerprint density at radius 1 is 1.23 bits per heavy atom. The lowest BCUT2D eigenvalue weighted by molar-refractivity contribution is -0.130. The summed E-state index contributed by atoms with van der Waals surface area (Å²) in [6.07, 6.45) is 3.33. The van der Waals surface area contributed by atoms with Crippen LogP contribution in [0.3, 0.4) is 0 Å². The second-order valence-corrected chi connectivity index (χ2v) is 5.38. The van der Waals surface area contributed by atoms with Crippen LogP contribution in [0, 0.1) is 0 Å². The zero-order valence-electron chi connectivity index (χ0n) is 12.4. The van der Waals surface area contributed by atoms with E-state index in [0.717, 1.165) is 18.4 Å². The molecule has 4 nitrogen and oxygen atoms in total. The van der Waals surface area contributed by atoms with Gasteiger partial charge in [0.15, 0.2) is 0 Å². The Morgan fingerprint density at radius 2 is 1.95 bits per heavy atom. The van der Waals surface area contributed by atoms with Crippen LogP contribution in [-0.4, -0.2) is 21.4 Å². The number of nitrogens with zero attached hydrogens (tertiary/aromatic N) is 1. The standard InChI is InChI=1S/C18H17NO3/c1-2-6-13-11-15-14(18(21)22)9-10-19(15)16(13)17(20)12-7-4-3-5-8-12/h3-5,7-9,11H,2,6,10H2,1H3,(H,21,22). The van der Waals surface area contributed by atoms with Crippen molar-refractivity contribution in [1.82, 2.24) is 4.57 Å². The molecule has 0 atom stereocenters. The molecule has 3 rings (SSSR count). The minimum absolute atomic E-state index is 0.0460. The summed E-state index contributed by atoms with van der Waals surface area (Å²) >= 11 is 0. The molecule has 0 saturated heterocycles. The summed E-state index contributed by atoms with van der Waals surface area (Å²) in [5.74, 6) is -0.992. The van der Waals surface area contributed by atoms with Crippen LogP contribution in [-0.2, 0) is 17.8 Å². The molecule has 4 heteroatoms. The highest BCUT2D eigenvalue weighted by Gasteiger charge is 2.28. The summed E-state index contributed by atoms with van der Waals surface area (Å²) in [6, 6.07) is 11.0. The Labute approximate surface area is 128 Å². The number of allylic oxidation sites excluding steroid dienone is 1. The first-order valence-corrected chi connectivity index (χ1v) is 7.39. The second-order valence-electron chi connectivity index (χ2n) is 5.38. The molecule has 1 aliphatic rings. The van der Waals surface area contributed by atoms with Crippen molar-refractivity contribution in [3.05, 3.63) is 65.0 Å². The summed E-state index contributed by atoms with van der Waals surface area (Å²) in [5, 5.41) is 9.28. The van der Waals surface area contributed by atoms with Gasteiger partial charge in [-0.2, -0.15) is 0 Å². The summed E-state index contributed by atoms with van der Waals surface area (Å²) < 4.78 is 1.82. The van der Waals surface area contributed by atoms with Gasteiger partial charge in [0, 0.05) is 12.1 Å². The molecular formula is C18H17NO3. The topological polar surface area (TPSA) is 59.3 Å². The lowest BCUT2D eigenvalue weighted by atomic mass is 10.0. The fourth-order valence-electron chi connectivity index (χ4n) is 2.96. The molecule has 1 aliphatic heterocycles. The number of hydrogen-bond acceptors (Lipinski definition) is 2. The van der Waals surface area contributed by atoms with Crippen LogP contribution in [0.15, 0.2) is 42.5 Å². The maximum absolute atomic E-state index is 12.8. The monoisotopic (exact) mass is 295 g/mol. The Morgan fingerprint density at radius 3 is 2.59 bits per heavy atom. The third-order valence-electron chi connectivity index (χ3n) is 3.93. The van der Waals surface area contributed by atoms with Crippen molar-refractivity contribution in [2.75, 3.05) is 0 Å². The molecule has 0 bridgehead atoms. The minimum Gasteiger partial charge on any atom is -0.478 e. The quantitative estimate of drug-likeness (QED) is 0.862. The predicted molar refractivity (Wildman–Crippen MR) is 83.9 cm³/mol. The van der Waals surface area contributed by atoms with E-state index in [1.54, 1.807) is 18.2 Å². The molecule has 0 aliphatic carbocycles. The van der Waals surface area contributed by atoms with Crippen LogP contribution in [0.5, 0.6) is 0 Å². The van der Waals surface area contributed by atoms with Gasteiger partial charge >= 0.3 is 5.97 Å². The van der Waals surface area contributed by atoms with E-state index >= 15 is 0 Å². The number of carbonyl (C=O) groups excluding carboxylic acids is 1. The molecule has 2 heterocycles. The molecule has 1 N–H and O–H groups in total. The number of carbonyl (C=O) groups is 2. The summed E-state index contributed by atoms with van der Waals surface area (Å²) in [5.41, 5.74) is 3.10. The molecule has 0 spiro atoms. The molecule has 22 heavy (non-hydrogen) atoms. The lowest BCUT2D eigenvalue weighted by Gasteiger charge is -2.08. The highest BCUT2D eigenvalue weighted by molar-refractivity contribution is 6.17. The molecule has 112 valence electrons. The van der Waals surface area contributed by atoms with Crippen LogP contribution in [0.4, 0.5) is 0 Å². The first-order chi connectivity index (χ1) is 10.6. The first kappa shape index (κ1) is 14.3. The Balaban J connectivity index is 2.10. The van der Waals surface area contributed by atoms with Crippen molar-refractivity contribution in [2.45, 2.75) is 26.3 Å². The van der Waals surface area contributed by atoms with Crippen molar-refractivity contribution >= 4 is 17.3 Å². The minimum atomic E-state index is -0.946. The van der Waals surface area contributed by atoms with Gasteiger partial charge in [0.2, 0.25) is 5.78 Å². The number of aliphatic carboxylic acids is 1. The zero-order valence-corrected chi connectivity index (χ0v) is 12.4.